The number of Topliss-reactive ketones (excluding diaryl/α,β-unsaturated/α-hetero) is 1. The lowest BCUT2D eigenvalue weighted by Crippen LogP contribution is -2.12. The summed E-state index contributed by atoms with van der Waals surface area (Å²) in [6, 6.07) is 0. The molecule has 4 nitrogen and oxygen atoms in total. The Bertz CT molecular complexity index is 379. The maximum Gasteiger partial charge on any atom is 0.166 e. The van der Waals surface area contributed by atoms with Crippen LogP contribution in [-0.4, -0.2) is 20.5 Å². The highest BCUT2D eigenvalue weighted by atomic mass is 16.1. The predicted octanol–water partition coefficient (Wildman–Crippen LogP) is 2.16. The summed E-state index contributed by atoms with van der Waals surface area (Å²) in [5.74, 6) is 0.912. The molecule has 1 aromatic rings. The van der Waals surface area contributed by atoms with Crippen molar-refractivity contribution in [3.05, 3.63) is 23.8 Å². The average molecular weight is 221 g/mol. The normalized spacial score (nSPS) is 11.8. The van der Waals surface area contributed by atoms with Gasteiger partial charge in [0.1, 0.15) is 12.2 Å². The van der Waals surface area contributed by atoms with Gasteiger partial charge in [0.25, 0.3) is 0 Å². The second-order valence-electron chi connectivity index (χ2n) is 3.67. The van der Waals surface area contributed by atoms with Gasteiger partial charge in [0.15, 0.2) is 5.78 Å². The topological polar surface area (TPSA) is 47.8 Å². The van der Waals surface area contributed by atoms with Crippen molar-refractivity contribution in [1.82, 2.24) is 14.8 Å². The molecular weight excluding hydrogens is 202 g/mol. The van der Waals surface area contributed by atoms with Crippen LogP contribution >= 0.6 is 0 Å². The predicted molar refractivity (Wildman–Crippen MR) is 63.1 cm³/mol. The lowest BCUT2D eigenvalue weighted by molar-refractivity contribution is -0.115. The quantitative estimate of drug-likeness (QED) is 0.691. The summed E-state index contributed by atoms with van der Waals surface area (Å²) >= 11 is 0. The van der Waals surface area contributed by atoms with Crippen LogP contribution in [0.2, 0.25) is 0 Å². The van der Waals surface area contributed by atoms with Crippen LogP contribution in [0.1, 0.15) is 39.4 Å². The van der Waals surface area contributed by atoms with E-state index in [2.05, 4.69) is 17.0 Å². The van der Waals surface area contributed by atoms with Crippen LogP contribution in [0.4, 0.5) is 0 Å². The molecule has 0 bridgehead atoms. The van der Waals surface area contributed by atoms with E-state index in [1.807, 2.05) is 19.9 Å². The molecule has 0 N–H and O–H groups in total. The first-order valence-corrected chi connectivity index (χ1v) is 5.77. The van der Waals surface area contributed by atoms with Gasteiger partial charge >= 0.3 is 0 Å². The second kappa shape index (κ2) is 6.20. The molecule has 0 aliphatic carbocycles. The zero-order valence-electron chi connectivity index (χ0n) is 10.2. The largest absolute Gasteiger partial charge is 0.294 e. The Morgan fingerprint density at radius 1 is 1.50 bits per heavy atom. The Balaban J connectivity index is 2.72. The molecule has 0 saturated carbocycles. The number of carbonyl (C=O) groups is 1. The molecule has 1 rings (SSSR count). The van der Waals surface area contributed by atoms with Crippen molar-refractivity contribution in [2.24, 2.45) is 0 Å². The summed E-state index contributed by atoms with van der Waals surface area (Å²) in [5.41, 5.74) is 0.867. The van der Waals surface area contributed by atoms with Crippen molar-refractivity contribution in [3.8, 4) is 0 Å². The van der Waals surface area contributed by atoms with Crippen molar-refractivity contribution in [2.75, 3.05) is 0 Å². The Kier molecular flexibility index (Phi) is 4.89. The summed E-state index contributed by atoms with van der Waals surface area (Å²) in [4.78, 5) is 16.0. The minimum atomic E-state index is 0.148. The van der Waals surface area contributed by atoms with Crippen LogP contribution in [-0.2, 0) is 17.8 Å². The van der Waals surface area contributed by atoms with Gasteiger partial charge in [-0.3, -0.25) is 4.79 Å². The van der Waals surface area contributed by atoms with Gasteiger partial charge < -0.3 is 0 Å². The summed E-state index contributed by atoms with van der Waals surface area (Å²) < 4.78 is 1.81. The maximum atomic E-state index is 11.9. The molecule has 16 heavy (non-hydrogen) atoms. The zero-order valence-corrected chi connectivity index (χ0v) is 10.2. The van der Waals surface area contributed by atoms with E-state index in [4.69, 9.17) is 0 Å². The van der Waals surface area contributed by atoms with E-state index >= 15 is 0 Å². The third-order valence-electron chi connectivity index (χ3n) is 2.54. The highest BCUT2D eigenvalue weighted by Gasteiger charge is 2.12. The fourth-order valence-corrected chi connectivity index (χ4v) is 1.64. The van der Waals surface area contributed by atoms with Gasteiger partial charge in [0, 0.05) is 6.54 Å². The number of aryl methyl sites for hydroxylation is 1. The number of allylic oxidation sites excluding steroid dienone is 2. The first kappa shape index (κ1) is 12.6. The molecule has 0 fully saturated rings. The molecule has 1 heterocycles. The first-order valence-electron chi connectivity index (χ1n) is 5.77. The number of nitrogens with zero attached hydrogens (tertiary/aromatic N) is 3. The molecule has 0 amide bonds. The van der Waals surface area contributed by atoms with E-state index in [0.29, 0.717) is 6.42 Å². The van der Waals surface area contributed by atoms with Crippen LogP contribution in [0.15, 0.2) is 18.0 Å². The lowest BCUT2D eigenvalue weighted by Gasteiger charge is -2.05. The maximum absolute atomic E-state index is 11.9. The minimum absolute atomic E-state index is 0.148. The molecule has 0 atom stereocenters. The van der Waals surface area contributed by atoms with E-state index in [0.717, 1.165) is 30.8 Å². The number of carbonyl (C=O) groups excluding carboxylic acids is 1. The highest BCUT2D eigenvalue weighted by Crippen LogP contribution is 2.07. The summed E-state index contributed by atoms with van der Waals surface area (Å²) in [6.07, 6.45) is 5.52. The van der Waals surface area contributed by atoms with E-state index in [-0.39, 0.29) is 5.78 Å². The van der Waals surface area contributed by atoms with Gasteiger partial charge in [-0.1, -0.05) is 19.9 Å². The van der Waals surface area contributed by atoms with E-state index in [1.54, 1.807) is 4.68 Å². The monoisotopic (exact) mass is 221 g/mol. The van der Waals surface area contributed by atoms with Crippen LogP contribution in [0.5, 0.6) is 0 Å². The van der Waals surface area contributed by atoms with Crippen molar-refractivity contribution >= 4 is 5.78 Å². The Morgan fingerprint density at radius 3 is 2.81 bits per heavy atom. The van der Waals surface area contributed by atoms with Gasteiger partial charge in [-0.15, -0.1) is 0 Å². The van der Waals surface area contributed by atoms with Gasteiger partial charge in [-0.25, -0.2) is 9.67 Å². The molecular formula is C12H19N3O. The average Bonchev–Trinajstić information content (AvgIpc) is 2.68. The molecule has 4 heteroatoms. The molecule has 0 saturated heterocycles. The number of rotatable bonds is 6. The molecule has 0 unspecified atom stereocenters. The van der Waals surface area contributed by atoms with Crippen LogP contribution in [0, 0.1) is 0 Å². The first-order chi connectivity index (χ1) is 7.72. The standard InChI is InChI=1S/C12H19N3O/c1-4-7-15-12(13-9-14-15)8-11(16)10(5-2)6-3/h5,9H,4,6-8H2,1-3H3. The van der Waals surface area contributed by atoms with Gasteiger partial charge in [-0.2, -0.15) is 5.10 Å². The summed E-state index contributed by atoms with van der Waals surface area (Å²) in [6.45, 7) is 6.79. The Labute approximate surface area is 96.4 Å². The smallest absolute Gasteiger partial charge is 0.166 e. The van der Waals surface area contributed by atoms with Gasteiger partial charge in [0.2, 0.25) is 0 Å². The fourth-order valence-electron chi connectivity index (χ4n) is 1.64. The number of ketones is 1. The number of hydrogen-bond donors (Lipinski definition) is 0. The minimum Gasteiger partial charge on any atom is -0.294 e. The molecule has 0 aliphatic rings. The van der Waals surface area contributed by atoms with Crippen molar-refractivity contribution in [3.63, 3.8) is 0 Å². The lowest BCUT2D eigenvalue weighted by atomic mass is 10.1. The molecule has 0 aromatic carbocycles. The van der Waals surface area contributed by atoms with Gasteiger partial charge in [0.05, 0.1) is 6.42 Å². The van der Waals surface area contributed by atoms with Crippen molar-refractivity contribution in [2.45, 2.75) is 46.6 Å². The third-order valence-corrected chi connectivity index (χ3v) is 2.54. The van der Waals surface area contributed by atoms with Gasteiger partial charge in [-0.05, 0) is 25.3 Å². The number of hydrogen-bond acceptors (Lipinski definition) is 3. The molecule has 88 valence electrons. The molecule has 0 spiro atoms. The summed E-state index contributed by atoms with van der Waals surface area (Å²) in [7, 11) is 0. The van der Waals surface area contributed by atoms with Crippen LogP contribution in [0.25, 0.3) is 0 Å². The highest BCUT2D eigenvalue weighted by molar-refractivity contribution is 5.96. The second-order valence-corrected chi connectivity index (χ2v) is 3.67. The van der Waals surface area contributed by atoms with Crippen molar-refractivity contribution in [1.29, 1.82) is 0 Å². The SMILES string of the molecule is CC=C(CC)C(=O)Cc1ncnn1CCC. The molecule has 1 aromatic heterocycles. The summed E-state index contributed by atoms with van der Waals surface area (Å²) in [5, 5.41) is 4.10. The molecule has 0 radical (unpaired) electrons. The fraction of sp³-hybridized carbons (Fsp3) is 0.583. The Morgan fingerprint density at radius 2 is 2.25 bits per heavy atom. The van der Waals surface area contributed by atoms with Crippen molar-refractivity contribution < 1.29 is 4.79 Å². The number of aromatic nitrogens is 3. The van der Waals surface area contributed by atoms with E-state index in [9.17, 15) is 4.79 Å². The van der Waals surface area contributed by atoms with Crippen LogP contribution < -0.4 is 0 Å². The van der Waals surface area contributed by atoms with E-state index in [1.165, 1.54) is 6.33 Å². The zero-order chi connectivity index (χ0) is 12.0. The third kappa shape index (κ3) is 3.02. The Hall–Kier alpha value is -1.45. The molecule has 0 aliphatic heterocycles. The van der Waals surface area contributed by atoms with E-state index < -0.39 is 0 Å². The van der Waals surface area contributed by atoms with Crippen LogP contribution in [0.3, 0.4) is 0 Å².